The summed E-state index contributed by atoms with van der Waals surface area (Å²) in [5.41, 5.74) is 8.35. The SMILES string of the molecule is Cc1ccc(CO)cc1C#CCCN. The highest BCUT2D eigenvalue weighted by molar-refractivity contribution is 5.43. The van der Waals surface area contributed by atoms with Crippen molar-refractivity contribution in [1.82, 2.24) is 0 Å². The van der Waals surface area contributed by atoms with Crippen LogP contribution in [0.2, 0.25) is 0 Å². The first-order valence-electron chi connectivity index (χ1n) is 4.67. The summed E-state index contributed by atoms with van der Waals surface area (Å²) in [5, 5.41) is 8.96. The first kappa shape index (κ1) is 10.8. The summed E-state index contributed by atoms with van der Waals surface area (Å²) in [4.78, 5) is 0. The van der Waals surface area contributed by atoms with Gasteiger partial charge in [-0.05, 0) is 24.1 Å². The molecule has 3 N–H and O–H groups in total. The number of aliphatic hydroxyl groups is 1. The third kappa shape index (κ3) is 2.88. The zero-order valence-corrected chi connectivity index (χ0v) is 8.38. The van der Waals surface area contributed by atoms with Gasteiger partial charge in [-0.15, -0.1) is 0 Å². The van der Waals surface area contributed by atoms with Crippen molar-refractivity contribution >= 4 is 0 Å². The highest BCUT2D eigenvalue weighted by Gasteiger charge is 1.96. The van der Waals surface area contributed by atoms with Crippen LogP contribution in [0.4, 0.5) is 0 Å². The molecule has 1 rings (SSSR count). The van der Waals surface area contributed by atoms with Gasteiger partial charge in [-0.2, -0.15) is 0 Å². The van der Waals surface area contributed by atoms with Gasteiger partial charge in [-0.1, -0.05) is 24.0 Å². The molecule has 1 aromatic carbocycles. The van der Waals surface area contributed by atoms with Gasteiger partial charge in [0.05, 0.1) is 6.61 Å². The predicted octanol–water partition coefficient (Wildman–Crippen LogP) is 1.19. The first-order valence-corrected chi connectivity index (χ1v) is 4.67. The molecule has 0 atom stereocenters. The van der Waals surface area contributed by atoms with Gasteiger partial charge in [-0.25, -0.2) is 0 Å². The van der Waals surface area contributed by atoms with E-state index in [0.29, 0.717) is 13.0 Å². The fraction of sp³-hybridized carbons (Fsp3) is 0.333. The number of rotatable bonds is 2. The Balaban J connectivity index is 2.91. The van der Waals surface area contributed by atoms with Crippen LogP contribution < -0.4 is 5.73 Å². The average molecular weight is 189 g/mol. The average Bonchev–Trinajstić information content (AvgIpc) is 2.21. The molecule has 1 aromatic rings. The molecular formula is C12H15NO. The molecule has 0 heterocycles. The van der Waals surface area contributed by atoms with Crippen LogP contribution in [-0.4, -0.2) is 11.7 Å². The van der Waals surface area contributed by atoms with E-state index in [1.54, 1.807) is 0 Å². The Morgan fingerprint density at radius 3 is 2.86 bits per heavy atom. The summed E-state index contributed by atoms with van der Waals surface area (Å²) < 4.78 is 0. The van der Waals surface area contributed by atoms with E-state index in [1.807, 2.05) is 25.1 Å². The van der Waals surface area contributed by atoms with Gasteiger partial charge in [0.15, 0.2) is 0 Å². The summed E-state index contributed by atoms with van der Waals surface area (Å²) in [6.45, 7) is 2.66. The summed E-state index contributed by atoms with van der Waals surface area (Å²) in [7, 11) is 0. The molecule has 0 aromatic heterocycles. The predicted molar refractivity (Wildman–Crippen MR) is 57.7 cm³/mol. The number of hydrogen-bond acceptors (Lipinski definition) is 2. The molecule has 0 aliphatic heterocycles. The standard InChI is InChI=1S/C12H15NO/c1-10-5-6-11(9-14)8-12(10)4-2-3-7-13/h5-6,8,14H,3,7,9,13H2,1H3. The minimum absolute atomic E-state index is 0.0614. The van der Waals surface area contributed by atoms with Crippen LogP contribution in [0.15, 0.2) is 18.2 Å². The normalized spacial score (nSPS) is 9.36. The second-order valence-corrected chi connectivity index (χ2v) is 3.15. The van der Waals surface area contributed by atoms with E-state index < -0.39 is 0 Å². The minimum atomic E-state index is 0.0614. The van der Waals surface area contributed by atoms with E-state index >= 15 is 0 Å². The third-order valence-corrected chi connectivity index (χ3v) is 1.98. The smallest absolute Gasteiger partial charge is 0.0682 e. The molecular weight excluding hydrogens is 174 g/mol. The molecule has 2 heteroatoms. The van der Waals surface area contributed by atoms with Gasteiger partial charge >= 0.3 is 0 Å². The Kier molecular flexibility index (Phi) is 4.18. The lowest BCUT2D eigenvalue weighted by atomic mass is 10.1. The Bertz CT molecular complexity index is 360. The van der Waals surface area contributed by atoms with Crippen LogP contribution in [0.1, 0.15) is 23.1 Å². The molecule has 0 fully saturated rings. The lowest BCUT2D eigenvalue weighted by Gasteiger charge is -2.00. The zero-order chi connectivity index (χ0) is 10.4. The molecule has 0 aliphatic rings. The van der Waals surface area contributed by atoms with Crippen molar-refractivity contribution in [3.63, 3.8) is 0 Å². The second-order valence-electron chi connectivity index (χ2n) is 3.15. The quantitative estimate of drug-likeness (QED) is 0.686. The van der Waals surface area contributed by atoms with E-state index in [4.69, 9.17) is 10.8 Å². The van der Waals surface area contributed by atoms with Gasteiger partial charge in [0.25, 0.3) is 0 Å². The van der Waals surface area contributed by atoms with E-state index in [-0.39, 0.29) is 6.61 Å². The largest absolute Gasteiger partial charge is 0.392 e. The Hall–Kier alpha value is -1.30. The highest BCUT2D eigenvalue weighted by Crippen LogP contribution is 2.09. The van der Waals surface area contributed by atoms with Crippen molar-refractivity contribution in [1.29, 1.82) is 0 Å². The van der Waals surface area contributed by atoms with Crippen molar-refractivity contribution in [2.45, 2.75) is 20.0 Å². The summed E-state index contributed by atoms with van der Waals surface area (Å²) in [6.07, 6.45) is 0.711. The van der Waals surface area contributed by atoms with Crippen LogP contribution in [0, 0.1) is 18.8 Å². The van der Waals surface area contributed by atoms with Gasteiger partial charge in [0, 0.05) is 18.5 Å². The van der Waals surface area contributed by atoms with E-state index in [2.05, 4.69) is 11.8 Å². The van der Waals surface area contributed by atoms with Crippen molar-refractivity contribution in [2.75, 3.05) is 6.54 Å². The van der Waals surface area contributed by atoms with Crippen LogP contribution in [0.3, 0.4) is 0 Å². The molecule has 74 valence electrons. The van der Waals surface area contributed by atoms with Gasteiger partial charge in [-0.3, -0.25) is 0 Å². The third-order valence-electron chi connectivity index (χ3n) is 1.98. The number of nitrogens with two attached hydrogens (primary N) is 1. The molecule has 0 aliphatic carbocycles. The first-order chi connectivity index (χ1) is 6.77. The molecule has 14 heavy (non-hydrogen) atoms. The van der Waals surface area contributed by atoms with Gasteiger partial charge in [0.2, 0.25) is 0 Å². The summed E-state index contributed by atoms with van der Waals surface area (Å²) in [5.74, 6) is 6.03. The fourth-order valence-corrected chi connectivity index (χ4v) is 1.13. The van der Waals surface area contributed by atoms with E-state index in [0.717, 1.165) is 16.7 Å². The molecule has 0 unspecified atom stereocenters. The monoisotopic (exact) mass is 189 g/mol. The zero-order valence-electron chi connectivity index (χ0n) is 8.38. The van der Waals surface area contributed by atoms with Crippen molar-refractivity contribution in [2.24, 2.45) is 5.73 Å². The Morgan fingerprint density at radius 1 is 1.43 bits per heavy atom. The lowest BCUT2D eigenvalue weighted by Crippen LogP contribution is -1.95. The molecule has 0 saturated carbocycles. The molecule has 2 nitrogen and oxygen atoms in total. The second kappa shape index (κ2) is 5.43. The lowest BCUT2D eigenvalue weighted by molar-refractivity contribution is 0.282. The molecule has 0 spiro atoms. The number of benzene rings is 1. The maximum absolute atomic E-state index is 8.96. The van der Waals surface area contributed by atoms with Crippen molar-refractivity contribution in [3.8, 4) is 11.8 Å². The number of aryl methyl sites for hydroxylation is 1. The van der Waals surface area contributed by atoms with Gasteiger partial charge in [0.1, 0.15) is 0 Å². The maximum Gasteiger partial charge on any atom is 0.0682 e. The number of aliphatic hydroxyl groups excluding tert-OH is 1. The van der Waals surface area contributed by atoms with Crippen LogP contribution in [0.5, 0.6) is 0 Å². The van der Waals surface area contributed by atoms with Crippen LogP contribution >= 0.6 is 0 Å². The van der Waals surface area contributed by atoms with Crippen LogP contribution in [0.25, 0.3) is 0 Å². The van der Waals surface area contributed by atoms with Gasteiger partial charge < -0.3 is 10.8 Å². The summed E-state index contributed by atoms with van der Waals surface area (Å²) in [6, 6.07) is 5.79. The van der Waals surface area contributed by atoms with Crippen molar-refractivity contribution < 1.29 is 5.11 Å². The topological polar surface area (TPSA) is 46.2 Å². The minimum Gasteiger partial charge on any atom is -0.392 e. The molecule has 0 radical (unpaired) electrons. The Labute approximate surface area is 84.8 Å². The summed E-state index contributed by atoms with van der Waals surface area (Å²) >= 11 is 0. The molecule has 0 bridgehead atoms. The van der Waals surface area contributed by atoms with Crippen LogP contribution in [-0.2, 0) is 6.61 Å². The molecule has 0 saturated heterocycles. The Morgan fingerprint density at radius 2 is 2.21 bits per heavy atom. The highest BCUT2D eigenvalue weighted by atomic mass is 16.3. The van der Waals surface area contributed by atoms with E-state index in [9.17, 15) is 0 Å². The fourth-order valence-electron chi connectivity index (χ4n) is 1.13. The maximum atomic E-state index is 8.96. The number of hydrogen-bond donors (Lipinski definition) is 2. The van der Waals surface area contributed by atoms with E-state index in [1.165, 1.54) is 0 Å². The molecule has 0 amide bonds. The van der Waals surface area contributed by atoms with Crippen molar-refractivity contribution in [3.05, 3.63) is 34.9 Å².